The van der Waals surface area contributed by atoms with Gasteiger partial charge in [0.25, 0.3) is 0 Å². The first-order valence-corrected chi connectivity index (χ1v) is 13.8. The van der Waals surface area contributed by atoms with Gasteiger partial charge in [-0.25, -0.2) is 4.98 Å². The molecule has 7 heteroatoms. The van der Waals surface area contributed by atoms with Crippen LogP contribution in [0, 0.1) is 47.8 Å². The van der Waals surface area contributed by atoms with E-state index in [0.717, 1.165) is 39.7 Å². The van der Waals surface area contributed by atoms with Crippen LogP contribution in [0.4, 0.5) is 11.4 Å². The number of aryl methyl sites for hydroxylation is 1. The number of halogens is 3. The Kier molecular flexibility index (Phi) is 19.3. The maximum absolute atomic E-state index is 5.19. The average Bonchev–Trinajstić information content (AvgIpc) is 2.83. The molecule has 1 aromatic heterocycles. The summed E-state index contributed by atoms with van der Waals surface area (Å²) in [5.41, 5.74) is 12.1. The van der Waals surface area contributed by atoms with Crippen LogP contribution in [0.1, 0.15) is 132 Å². The van der Waals surface area contributed by atoms with Gasteiger partial charge in [-0.3, -0.25) is 9.98 Å². The number of aliphatic imine (C=N–C) groups is 2. The minimum Gasteiger partial charge on any atom is -1.00 e. The van der Waals surface area contributed by atoms with Gasteiger partial charge in [-0.2, -0.15) is 0 Å². The van der Waals surface area contributed by atoms with Gasteiger partial charge in [-0.15, -0.1) is 0 Å². The van der Waals surface area contributed by atoms with E-state index in [1.54, 1.807) is 0 Å². The summed E-state index contributed by atoms with van der Waals surface area (Å²) >= 11 is 0. The molecule has 1 radical (unpaired) electrons. The molecule has 0 aliphatic carbocycles. The van der Waals surface area contributed by atoms with Crippen LogP contribution in [0.25, 0.3) is 0 Å². The summed E-state index contributed by atoms with van der Waals surface area (Å²) in [5, 5.41) is 0. The van der Waals surface area contributed by atoms with Crippen molar-refractivity contribution in [3.63, 3.8) is 0 Å². The molecule has 1 heterocycles. The Balaban J connectivity index is 0. The van der Waals surface area contributed by atoms with Crippen LogP contribution in [0.5, 0.6) is 0 Å². The van der Waals surface area contributed by atoms with Gasteiger partial charge < -0.3 is 37.2 Å². The van der Waals surface area contributed by atoms with Gasteiger partial charge in [-0.1, -0.05) is 91.8 Å². The van der Waals surface area contributed by atoms with Crippen molar-refractivity contribution in [2.45, 2.75) is 99.8 Å². The van der Waals surface area contributed by atoms with E-state index < -0.39 is 0 Å². The predicted octanol–water partition coefficient (Wildman–Crippen LogP) is 1.18. The molecule has 221 valence electrons. The zero-order valence-corrected chi connectivity index (χ0v) is 31.9. The molecule has 0 aliphatic rings. The fraction of sp³-hybridized carbons (Fsp3) is 0.441. The average molecular weight is 746 g/mol. The molecule has 0 amide bonds. The monoisotopic (exact) mass is 742 g/mol. The van der Waals surface area contributed by atoms with E-state index in [9.17, 15) is 0 Å². The molecule has 0 saturated heterocycles. The van der Waals surface area contributed by atoms with Crippen LogP contribution in [-0.4, -0.2) is 16.4 Å². The number of benzene rings is 2. The Labute approximate surface area is 300 Å². The summed E-state index contributed by atoms with van der Waals surface area (Å²) in [6.07, 6.45) is 0. The normalized spacial score (nSPS) is 11.7. The number of para-hydroxylation sites is 2. The van der Waals surface area contributed by atoms with E-state index in [2.05, 4.69) is 125 Å². The second-order valence-corrected chi connectivity index (χ2v) is 11.5. The Morgan fingerprint density at radius 1 is 0.561 bits per heavy atom. The van der Waals surface area contributed by atoms with Gasteiger partial charge in [0, 0.05) is 0 Å². The van der Waals surface area contributed by atoms with Crippen LogP contribution in [-0.2, 0) is 0 Å². The summed E-state index contributed by atoms with van der Waals surface area (Å²) in [6.45, 7) is 24.1. The largest absolute Gasteiger partial charge is 3.00 e. The van der Waals surface area contributed by atoms with Crippen molar-refractivity contribution in [3.05, 3.63) is 87.7 Å². The standard InChI is InChI=1S/C34H45N3.3ClH.Nd/c1-20(2)27-14-12-15-28(21(3)4)33(27)35-25(10)31-18-24(9)19-32(37-31)26(11)36-34-29(22(5)6)16-13-17-30(34)23(7)8;;;;/h12-23H,1-11H3;3*1H;/q;;;;+3/p-3. The first-order chi connectivity index (χ1) is 17.4. The molecule has 0 saturated carbocycles. The summed E-state index contributed by atoms with van der Waals surface area (Å²) in [4.78, 5) is 15.4. The summed E-state index contributed by atoms with van der Waals surface area (Å²) in [5.74, 6) is 1.60. The number of rotatable bonds is 8. The van der Waals surface area contributed by atoms with Gasteiger partial charge in [0.05, 0.1) is 34.2 Å². The van der Waals surface area contributed by atoms with Gasteiger partial charge in [0.2, 0.25) is 0 Å². The molecule has 41 heavy (non-hydrogen) atoms. The van der Waals surface area contributed by atoms with Crippen molar-refractivity contribution in [2.24, 2.45) is 9.98 Å². The maximum Gasteiger partial charge on any atom is 3.00 e. The molecule has 3 aromatic rings. The van der Waals surface area contributed by atoms with Gasteiger partial charge >= 0.3 is 40.8 Å². The smallest absolute Gasteiger partial charge is 1.00 e. The molecule has 0 bridgehead atoms. The maximum atomic E-state index is 5.19. The van der Waals surface area contributed by atoms with Crippen LogP contribution in [0.3, 0.4) is 0 Å². The van der Waals surface area contributed by atoms with Crippen molar-refractivity contribution >= 4 is 22.8 Å². The third-order valence-corrected chi connectivity index (χ3v) is 6.95. The second-order valence-electron chi connectivity index (χ2n) is 11.5. The Morgan fingerprint density at radius 3 is 1.07 bits per heavy atom. The first-order valence-electron chi connectivity index (χ1n) is 13.8. The van der Waals surface area contributed by atoms with E-state index in [4.69, 9.17) is 15.0 Å². The first kappa shape index (κ1) is 42.3. The van der Waals surface area contributed by atoms with E-state index >= 15 is 0 Å². The minimum atomic E-state index is 0. The number of aromatic nitrogens is 1. The van der Waals surface area contributed by atoms with Crippen LogP contribution in [0.2, 0.25) is 0 Å². The van der Waals surface area contributed by atoms with Gasteiger partial charge in [-0.05, 0) is 84.4 Å². The van der Waals surface area contributed by atoms with Gasteiger partial charge in [0.1, 0.15) is 0 Å². The molecule has 2 aromatic carbocycles. The molecule has 3 nitrogen and oxygen atoms in total. The fourth-order valence-electron chi connectivity index (χ4n) is 4.77. The summed E-state index contributed by atoms with van der Waals surface area (Å²) in [6, 6.07) is 17.4. The molecule has 3 rings (SSSR count). The molecule has 0 spiro atoms. The van der Waals surface area contributed by atoms with E-state index in [1.165, 1.54) is 22.3 Å². The summed E-state index contributed by atoms with van der Waals surface area (Å²) < 4.78 is 0. The van der Waals surface area contributed by atoms with Gasteiger partial charge in [0.15, 0.2) is 0 Å². The Hall–Kier alpha value is -0.849. The van der Waals surface area contributed by atoms with Crippen LogP contribution in [0.15, 0.2) is 58.5 Å². The number of hydrogen-bond donors (Lipinski definition) is 0. The fourth-order valence-corrected chi connectivity index (χ4v) is 4.77. The van der Waals surface area contributed by atoms with Crippen molar-refractivity contribution in [3.8, 4) is 0 Å². The third kappa shape index (κ3) is 10.7. The topological polar surface area (TPSA) is 37.6 Å². The zero-order valence-electron chi connectivity index (χ0n) is 26.4. The van der Waals surface area contributed by atoms with E-state index in [0.29, 0.717) is 23.7 Å². The van der Waals surface area contributed by atoms with Crippen LogP contribution < -0.4 is 37.2 Å². The molecule has 0 unspecified atom stereocenters. The van der Waals surface area contributed by atoms with Crippen molar-refractivity contribution in [1.29, 1.82) is 0 Å². The van der Waals surface area contributed by atoms with Crippen molar-refractivity contribution in [1.82, 2.24) is 4.98 Å². The predicted molar refractivity (Wildman–Crippen MR) is 162 cm³/mol. The Bertz CT molecular complexity index is 1180. The van der Waals surface area contributed by atoms with E-state index in [1.807, 2.05) is 0 Å². The number of nitrogens with zero attached hydrogens (tertiary/aromatic N) is 3. The zero-order chi connectivity index (χ0) is 27.4. The molecular weight excluding hydrogens is 701 g/mol. The molecule has 0 fully saturated rings. The van der Waals surface area contributed by atoms with Crippen molar-refractivity contribution < 1.29 is 78.1 Å². The molecule has 0 atom stereocenters. The Morgan fingerprint density at radius 2 is 0.829 bits per heavy atom. The quantitative estimate of drug-likeness (QED) is 0.320. The van der Waals surface area contributed by atoms with E-state index in [-0.39, 0.29) is 78.1 Å². The van der Waals surface area contributed by atoms with Crippen molar-refractivity contribution in [2.75, 3.05) is 0 Å². The third-order valence-electron chi connectivity index (χ3n) is 6.95. The summed E-state index contributed by atoms with van der Waals surface area (Å²) in [7, 11) is 0. The minimum absolute atomic E-state index is 0. The molecular formula is C34H45Cl3N3Nd. The second kappa shape index (κ2) is 18.7. The number of hydrogen-bond acceptors (Lipinski definition) is 3. The molecule has 0 N–H and O–H groups in total. The number of pyridine rings is 1. The molecule has 0 aliphatic heterocycles. The SMILES string of the molecule is CC(=Nc1c(C(C)C)cccc1C(C)C)c1cc(C)cc(C(C)=Nc2c(C(C)C)cccc2C(C)C)n1.[Cl-].[Cl-].[Cl-].[Nd+3]. The van der Waals surface area contributed by atoms with Crippen LogP contribution >= 0.6 is 0 Å².